The summed E-state index contributed by atoms with van der Waals surface area (Å²) in [6.07, 6.45) is 4.21. The summed E-state index contributed by atoms with van der Waals surface area (Å²) in [5.41, 5.74) is 3.53. The highest BCUT2D eigenvalue weighted by Crippen LogP contribution is 2.35. The molecule has 1 amide bonds. The third-order valence-corrected chi connectivity index (χ3v) is 6.42. The van der Waals surface area contributed by atoms with Gasteiger partial charge in [0.05, 0.1) is 20.3 Å². The minimum Gasteiger partial charge on any atom is -0.497 e. The predicted octanol–water partition coefficient (Wildman–Crippen LogP) is 4.07. The molecular formula is C25H31N3O3. The number of ether oxygens (including phenoxy) is 2. The second kappa shape index (κ2) is 9.43. The van der Waals surface area contributed by atoms with Gasteiger partial charge in [0, 0.05) is 23.6 Å². The van der Waals surface area contributed by atoms with Gasteiger partial charge in [-0.25, -0.2) is 0 Å². The van der Waals surface area contributed by atoms with Crippen LogP contribution in [0.3, 0.4) is 0 Å². The summed E-state index contributed by atoms with van der Waals surface area (Å²) in [5.74, 6) is 2.24. The zero-order chi connectivity index (χ0) is 21.8. The normalized spacial score (nSPS) is 16.2. The molecule has 1 aromatic heterocycles. The van der Waals surface area contributed by atoms with E-state index in [-0.39, 0.29) is 11.9 Å². The Morgan fingerprint density at radius 3 is 2.61 bits per heavy atom. The average Bonchev–Trinajstić information content (AvgIpc) is 3.25. The van der Waals surface area contributed by atoms with Crippen LogP contribution in [-0.2, 0) is 11.3 Å². The standard InChI is InChI=1S/C25H31N3O3/c1-17(25(29)27-15-18-5-4-6-20(13-18)30-2)28-11-9-19(10-12-28)23-16-26-24-8-7-21(31-3)14-22(23)24/h4-8,13-14,16-17,19,26H,9-12,15H2,1-3H3,(H,27,29). The zero-order valence-corrected chi connectivity index (χ0v) is 18.5. The number of fused-ring (bicyclic) bond motifs is 1. The second-order valence-electron chi connectivity index (χ2n) is 8.21. The number of hydrogen-bond donors (Lipinski definition) is 2. The van der Waals surface area contributed by atoms with Crippen LogP contribution in [0, 0.1) is 0 Å². The molecule has 1 atom stereocenters. The molecule has 1 saturated heterocycles. The lowest BCUT2D eigenvalue weighted by Crippen LogP contribution is -2.47. The van der Waals surface area contributed by atoms with Gasteiger partial charge < -0.3 is 19.8 Å². The Morgan fingerprint density at radius 1 is 1.13 bits per heavy atom. The molecule has 6 heteroatoms. The first-order chi connectivity index (χ1) is 15.1. The first-order valence-electron chi connectivity index (χ1n) is 10.9. The molecule has 0 spiro atoms. The van der Waals surface area contributed by atoms with E-state index in [1.807, 2.05) is 37.3 Å². The fourth-order valence-electron chi connectivity index (χ4n) is 4.47. The molecule has 2 aromatic carbocycles. The van der Waals surface area contributed by atoms with Gasteiger partial charge in [-0.3, -0.25) is 9.69 Å². The number of aromatic nitrogens is 1. The van der Waals surface area contributed by atoms with E-state index in [0.29, 0.717) is 12.5 Å². The lowest BCUT2D eigenvalue weighted by molar-refractivity contribution is -0.126. The van der Waals surface area contributed by atoms with Crippen LogP contribution in [0.5, 0.6) is 11.5 Å². The number of methoxy groups -OCH3 is 2. The van der Waals surface area contributed by atoms with Crippen LogP contribution in [0.25, 0.3) is 10.9 Å². The van der Waals surface area contributed by atoms with Gasteiger partial charge in [0.1, 0.15) is 11.5 Å². The monoisotopic (exact) mass is 421 g/mol. The van der Waals surface area contributed by atoms with E-state index < -0.39 is 0 Å². The van der Waals surface area contributed by atoms with Crippen molar-refractivity contribution >= 4 is 16.8 Å². The van der Waals surface area contributed by atoms with Crippen molar-refractivity contribution in [2.24, 2.45) is 0 Å². The number of piperidine rings is 1. The van der Waals surface area contributed by atoms with Crippen LogP contribution in [0.1, 0.15) is 36.8 Å². The van der Waals surface area contributed by atoms with Crippen molar-refractivity contribution in [1.29, 1.82) is 0 Å². The molecule has 164 valence electrons. The van der Waals surface area contributed by atoms with E-state index in [1.54, 1.807) is 14.2 Å². The van der Waals surface area contributed by atoms with Gasteiger partial charge in [0.25, 0.3) is 0 Å². The minimum absolute atomic E-state index is 0.0677. The minimum atomic E-state index is -0.144. The van der Waals surface area contributed by atoms with Crippen molar-refractivity contribution in [2.45, 2.75) is 38.3 Å². The van der Waals surface area contributed by atoms with Gasteiger partial charge >= 0.3 is 0 Å². The quantitative estimate of drug-likeness (QED) is 0.604. The van der Waals surface area contributed by atoms with E-state index in [0.717, 1.165) is 48.5 Å². The largest absolute Gasteiger partial charge is 0.497 e. The number of amides is 1. The molecule has 3 aromatic rings. The van der Waals surface area contributed by atoms with Crippen molar-refractivity contribution in [3.05, 3.63) is 59.8 Å². The molecule has 1 fully saturated rings. The number of hydrogen-bond acceptors (Lipinski definition) is 4. The number of rotatable bonds is 7. The first kappa shape index (κ1) is 21.2. The molecule has 0 aliphatic carbocycles. The van der Waals surface area contributed by atoms with Crippen LogP contribution >= 0.6 is 0 Å². The van der Waals surface area contributed by atoms with Gasteiger partial charge in [-0.15, -0.1) is 0 Å². The van der Waals surface area contributed by atoms with Gasteiger partial charge in [-0.05, 0) is 80.2 Å². The van der Waals surface area contributed by atoms with E-state index in [4.69, 9.17) is 9.47 Å². The lowest BCUT2D eigenvalue weighted by atomic mass is 9.88. The summed E-state index contributed by atoms with van der Waals surface area (Å²) in [6.45, 7) is 4.33. The van der Waals surface area contributed by atoms with Crippen molar-refractivity contribution in [3.63, 3.8) is 0 Å². The van der Waals surface area contributed by atoms with Crippen molar-refractivity contribution in [3.8, 4) is 11.5 Å². The van der Waals surface area contributed by atoms with E-state index in [9.17, 15) is 4.79 Å². The number of benzene rings is 2. The number of nitrogens with one attached hydrogen (secondary N) is 2. The van der Waals surface area contributed by atoms with E-state index in [1.165, 1.54) is 10.9 Å². The Bertz CT molecular complexity index is 1040. The second-order valence-corrected chi connectivity index (χ2v) is 8.21. The molecule has 1 unspecified atom stereocenters. The Hall–Kier alpha value is -2.99. The number of carbonyl (C=O) groups excluding carboxylic acids is 1. The van der Waals surface area contributed by atoms with Crippen molar-refractivity contribution in [1.82, 2.24) is 15.2 Å². The Balaban J connectivity index is 1.33. The first-order valence-corrected chi connectivity index (χ1v) is 10.9. The van der Waals surface area contributed by atoms with Crippen LogP contribution < -0.4 is 14.8 Å². The number of nitrogens with zero attached hydrogens (tertiary/aromatic N) is 1. The molecule has 0 radical (unpaired) electrons. The molecule has 1 aliphatic heterocycles. The maximum absolute atomic E-state index is 12.7. The van der Waals surface area contributed by atoms with Crippen molar-refractivity contribution in [2.75, 3.05) is 27.3 Å². The summed E-state index contributed by atoms with van der Waals surface area (Å²) in [6, 6.07) is 13.8. The summed E-state index contributed by atoms with van der Waals surface area (Å²) in [4.78, 5) is 18.4. The van der Waals surface area contributed by atoms with Crippen LogP contribution in [0.4, 0.5) is 0 Å². The molecule has 31 heavy (non-hydrogen) atoms. The molecular weight excluding hydrogens is 390 g/mol. The Morgan fingerprint density at radius 2 is 1.87 bits per heavy atom. The molecule has 6 nitrogen and oxygen atoms in total. The predicted molar refractivity (Wildman–Crippen MR) is 123 cm³/mol. The molecule has 0 saturated carbocycles. The summed E-state index contributed by atoms with van der Waals surface area (Å²) in [7, 11) is 3.35. The highest BCUT2D eigenvalue weighted by molar-refractivity contribution is 5.85. The SMILES string of the molecule is COc1cccc(CNC(=O)C(C)N2CCC(c3c[nH]c4ccc(OC)cc34)CC2)c1. The third kappa shape index (κ3) is 4.69. The molecule has 2 heterocycles. The highest BCUT2D eigenvalue weighted by atomic mass is 16.5. The van der Waals surface area contributed by atoms with Gasteiger partial charge in [-0.2, -0.15) is 0 Å². The van der Waals surface area contributed by atoms with Crippen LogP contribution in [-0.4, -0.2) is 49.1 Å². The van der Waals surface area contributed by atoms with Gasteiger partial charge in [-0.1, -0.05) is 12.1 Å². The third-order valence-electron chi connectivity index (χ3n) is 6.42. The smallest absolute Gasteiger partial charge is 0.237 e. The molecule has 0 bridgehead atoms. The van der Waals surface area contributed by atoms with Gasteiger partial charge in [0.15, 0.2) is 0 Å². The van der Waals surface area contributed by atoms with E-state index in [2.05, 4.69) is 33.5 Å². The maximum atomic E-state index is 12.7. The fraction of sp³-hybridized carbons (Fsp3) is 0.400. The number of carbonyl (C=O) groups is 1. The van der Waals surface area contributed by atoms with Crippen LogP contribution in [0.2, 0.25) is 0 Å². The Labute approximate surface area is 183 Å². The van der Waals surface area contributed by atoms with Crippen molar-refractivity contribution < 1.29 is 14.3 Å². The summed E-state index contributed by atoms with van der Waals surface area (Å²) < 4.78 is 10.7. The lowest BCUT2D eigenvalue weighted by Gasteiger charge is -2.35. The Kier molecular flexibility index (Phi) is 6.47. The maximum Gasteiger partial charge on any atom is 0.237 e. The highest BCUT2D eigenvalue weighted by Gasteiger charge is 2.28. The number of H-pyrrole nitrogens is 1. The van der Waals surface area contributed by atoms with E-state index >= 15 is 0 Å². The molecule has 4 rings (SSSR count). The fourth-order valence-corrected chi connectivity index (χ4v) is 4.47. The topological polar surface area (TPSA) is 66.6 Å². The number of likely N-dealkylation sites (tertiary alicyclic amines) is 1. The van der Waals surface area contributed by atoms with Crippen LogP contribution in [0.15, 0.2) is 48.7 Å². The number of aromatic amines is 1. The average molecular weight is 422 g/mol. The zero-order valence-electron chi connectivity index (χ0n) is 18.5. The molecule has 2 N–H and O–H groups in total. The summed E-state index contributed by atoms with van der Waals surface area (Å²) in [5, 5.41) is 4.31. The molecule has 1 aliphatic rings. The van der Waals surface area contributed by atoms with Gasteiger partial charge in [0.2, 0.25) is 5.91 Å². The summed E-state index contributed by atoms with van der Waals surface area (Å²) >= 11 is 0.